The molecule has 1 aliphatic rings. The van der Waals surface area contributed by atoms with Crippen molar-refractivity contribution < 1.29 is 0 Å². The van der Waals surface area contributed by atoms with Gasteiger partial charge >= 0.3 is 0 Å². The number of benzene rings is 7. The van der Waals surface area contributed by atoms with Gasteiger partial charge in [0.25, 0.3) is 0 Å². The van der Waals surface area contributed by atoms with Gasteiger partial charge in [-0.15, -0.1) is 0 Å². The Balaban J connectivity index is 1.29. The van der Waals surface area contributed by atoms with E-state index in [-0.39, 0.29) is 0 Å². The maximum absolute atomic E-state index is 3.80. The van der Waals surface area contributed by atoms with E-state index in [0.717, 1.165) is 11.4 Å². The molecule has 7 aromatic carbocycles. The van der Waals surface area contributed by atoms with Crippen molar-refractivity contribution in [2.24, 2.45) is 0 Å². The molecule has 0 spiro atoms. The van der Waals surface area contributed by atoms with E-state index >= 15 is 0 Å². The average Bonchev–Trinajstić information content (AvgIpc) is 3.42. The van der Waals surface area contributed by atoms with E-state index in [0.29, 0.717) is 0 Å². The second-order valence-corrected chi connectivity index (χ2v) is 11.4. The van der Waals surface area contributed by atoms with Gasteiger partial charge in [0.15, 0.2) is 0 Å². The quantitative estimate of drug-likeness (QED) is 0.213. The lowest BCUT2D eigenvalue weighted by Gasteiger charge is -2.34. The van der Waals surface area contributed by atoms with Crippen LogP contribution in [0.25, 0.3) is 33.4 Å². The number of anilines is 2. The van der Waals surface area contributed by atoms with Crippen LogP contribution in [-0.4, -0.2) is 0 Å². The van der Waals surface area contributed by atoms with Gasteiger partial charge in [0.1, 0.15) is 0 Å². The van der Waals surface area contributed by atoms with Crippen molar-refractivity contribution in [3.63, 3.8) is 0 Å². The van der Waals surface area contributed by atoms with Crippen molar-refractivity contribution in [1.29, 1.82) is 0 Å². The highest BCUT2D eigenvalue weighted by Crippen LogP contribution is 2.58. The topological polar surface area (TPSA) is 12.0 Å². The van der Waals surface area contributed by atoms with Crippen LogP contribution in [0.15, 0.2) is 182 Å². The molecule has 0 aliphatic heterocycles. The maximum atomic E-state index is 3.80. The zero-order valence-corrected chi connectivity index (χ0v) is 24.3. The highest BCUT2D eigenvalue weighted by Gasteiger charge is 2.46. The molecule has 8 rings (SSSR count). The van der Waals surface area contributed by atoms with Crippen molar-refractivity contribution in [3.8, 4) is 33.4 Å². The molecule has 1 heteroatoms. The van der Waals surface area contributed by atoms with Crippen LogP contribution in [0.4, 0.5) is 11.4 Å². The minimum absolute atomic E-state index is 0.447. The van der Waals surface area contributed by atoms with Gasteiger partial charge in [-0.1, -0.05) is 164 Å². The van der Waals surface area contributed by atoms with Crippen molar-refractivity contribution in [2.75, 3.05) is 5.32 Å². The second-order valence-electron chi connectivity index (χ2n) is 11.4. The minimum atomic E-state index is -0.447. The monoisotopic (exact) mass is 561 g/mol. The Morgan fingerprint density at radius 3 is 1.45 bits per heavy atom. The highest BCUT2D eigenvalue weighted by atomic mass is 14.9. The fraction of sp³-hybridized carbons (Fsp3) is 0.0233. The Bertz CT molecular complexity index is 2050. The van der Waals surface area contributed by atoms with E-state index in [9.17, 15) is 0 Å². The molecule has 0 bridgehead atoms. The molecule has 1 atom stereocenters. The maximum Gasteiger partial charge on any atom is 0.0714 e. The summed E-state index contributed by atoms with van der Waals surface area (Å²) < 4.78 is 0. The highest BCUT2D eigenvalue weighted by molar-refractivity contribution is 5.94. The fourth-order valence-corrected chi connectivity index (χ4v) is 6.98. The number of hydrogen-bond acceptors (Lipinski definition) is 1. The molecular weight excluding hydrogens is 530 g/mol. The van der Waals surface area contributed by atoms with Crippen LogP contribution in [0, 0.1) is 0 Å². The van der Waals surface area contributed by atoms with Crippen molar-refractivity contribution in [3.05, 3.63) is 204 Å². The van der Waals surface area contributed by atoms with Crippen LogP contribution in [-0.2, 0) is 5.41 Å². The van der Waals surface area contributed by atoms with Gasteiger partial charge in [-0.05, 0) is 68.3 Å². The van der Waals surface area contributed by atoms with Gasteiger partial charge in [0, 0.05) is 16.9 Å². The summed E-state index contributed by atoms with van der Waals surface area (Å²) >= 11 is 0. The van der Waals surface area contributed by atoms with Gasteiger partial charge < -0.3 is 5.32 Å². The van der Waals surface area contributed by atoms with E-state index in [1.165, 1.54) is 55.6 Å². The fourth-order valence-electron chi connectivity index (χ4n) is 6.98. The molecule has 44 heavy (non-hydrogen) atoms. The van der Waals surface area contributed by atoms with Crippen LogP contribution in [0.1, 0.15) is 22.3 Å². The molecule has 0 amide bonds. The summed E-state index contributed by atoms with van der Waals surface area (Å²) in [5, 5.41) is 3.80. The molecule has 208 valence electrons. The van der Waals surface area contributed by atoms with E-state index in [4.69, 9.17) is 0 Å². The molecule has 0 aromatic heterocycles. The standard InChI is InChI=1S/C43H31N/c1-4-13-31(14-5-1)33-23-27-36(28-24-33)43(35-17-8-3-9-18-35)39-20-11-10-19-38(39)42-40(43)21-12-22-41(42)44-37-29-25-34(26-30-37)32-15-6-2-7-16-32/h1-30,44H. The molecule has 1 aliphatic carbocycles. The minimum Gasteiger partial charge on any atom is -0.355 e. The molecule has 1 N–H and O–H groups in total. The lowest BCUT2D eigenvalue weighted by molar-refractivity contribution is 0.769. The lowest BCUT2D eigenvalue weighted by Crippen LogP contribution is -2.28. The van der Waals surface area contributed by atoms with Crippen LogP contribution < -0.4 is 5.32 Å². The van der Waals surface area contributed by atoms with Crippen molar-refractivity contribution >= 4 is 11.4 Å². The number of rotatable bonds is 6. The molecule has 0 fully saturated rings. The SMILES string of the molecule is c1ccc(-c2ccc(Nc3cccc4c3-c3ccccc3C4(c3ccccc3)c3ccc(-c4ccccc4)cc3)cc2)cc1. The summed E-state index contributed by atoms with van der Waals surface area (Å²) in [6, 6.07) is 65.7. The Morgan fingerprint density at radius 1 is 0.341 bits per heavy atom. The van der Waals surface area contributed by atoms with Crippen LogP contribution >= 0.6 is 0 Å². The van der Waals surface area contributed by atoms with Gasteiger partial charge in [-0.25, -0.2) is 0 Å². The largest absolute Gasteiger partial charge is 0.355 e. The molecular formula is C43H31N. The first-order valence-electron chi connectivity index (χ1n) is 15.2. The van der Waals surface area contributed by atoms with Crippen molar-refractivity contribution in [1.82, 2.24) is 0 Å². The van der Waals surface area contributed by atoms with Crippen LogP contribution in [0.5, 0.6) is 0 Å². The van der Waals surface area contributed by atoms with Crippen LogP contribution in [0.3, 0.4) is 0 Å². The predicted octanol–water partition coefficient (Wildman–Crippen LogP) is 11.1. The lowest BCUT2D eigenvalue weighted by atomic mass is 9.67. The number of nitrogens with one attached hydrogen (secondary N) is 1. The smallest absolute Gasteiger partial charge is 0.0714 e. The summed E-state index contributed by atoms with van der Waals surface area (Å²) in [5.41, 5.74) is 14.3. The second kappa shape index (κ2) is 10.9. The zero-order valence-electron chi connectivity index (χ0n) is 24.3. The zero-order chi connectivity index (χ0) is 29.3. The molecule has 1 nitrogen and oxygen atoms in total. The molecule has 1 unspecified atom stereocenters. The van der Waals surface area contributed by atoms with E-state index in [1.807, 2.05) is 0 Å². The molecule has 0 heterocycles. The molecule has 0 radical (unpaired) electrons. The molecule has 0 saturated heterocycles. The van der Waals surface area contributed by atoms with E-state index < -0.39 is 5.41 Å². The summed E-state index contributed by atoms with van der Waals surface area (Å²) in [6.45, 7) is 0. The number of fused-ring (bicyclic) bond motifs is 3. The third-order valence-corrected chi connectivity index (χ3v) is 8.97. The molecule has 7 aromatic rings. The Labute approximate surface area is 259 Å². The van der Waals surface area contributed by atoms with Gasteiger partial charge in [0.05, 0.1) is 5.41 Å². The Kier molecular flexibility index (Phi) is 6.43. The first kappa shape index (κ1) is 26.0. The average molecular weight is 562 g/mol. The van der Waals surface area contributed by atoms with Gasteiger partial charge in [-0.3, -0.25) is 0 Å². The van der Waals surface area contributed by atoms with Crippen LogP contribution in [0.2, 0.25) is 0 Å². The van der Waals surface area contributed by atoms with Gasteiger partial charge in [0.2, 0.25) is 0 Å². The predicted molar refractivity (Wildman–Crippen MR) is 184 cm³/mol. The van der Waals surface area contributed by atoms with Crippen molar-refractivity contribution in [2.45, 2.75) is 5.41 Å². The first-order valence-corrected chi connectivity index (χ1v) is 15.2. The third-order valence-electron chi connectivity index (χ3n) is 8.97. The third kappa shape index (κ3) is 4.25. The van der Waals surface area contributed by atoms with Gasteiger partial charge in [-0.2, -0.15) is 0 Å². The number of hydrogen-bond donors (Lipinski definition) is 1. The summed E-state index contributed by atoms with van der Waals surface area (Å²) in [6.07, 6.45) is 0. The normalized spacial score (nSPS) is 14.9. The van der Waals surface area contributed by atoms with E-state index in [1.54, 1.807) is 0 Å². The first-order chi connectivity index (χ1) is 21.8. The Morgan fingerprint density at radius 2 is 0.818 bits per heavy atom. The Hall–Kier alpha value is -5.66. The summed E-state index contributed by atoms with van der Waals surface area (Å²) in [7, 11) is 0. The van der Waals surface area contributed by atoms with E-state index in [2.05, 4.69) is 187 Å². The summed E-state index contributed by atoms with van der Waals surface area (Å²) in [5.74, 6) is 0. The molecule has 0 saturated carbocycles. The summed E-state index contributed by atoms with van der Waals surface area (Å²) in [4.78, 5) is 0.